The van der Waals surface area contributed by atoms with Gasteiger partial charge in [0.25, 0.3) is 11.8 Å². The zero-order valence-electron chi connectivity index (χ0n) is 13.7. The topological polar surface area (TPSA) is 205 Å². The Morgan fingerprint density at radius 1 is 0.808 bits per heavy atom. The van der Waals surface area contributed by atoms with E-state index >= 15 is 0 Å². The molecule has 1 heterocycles. The highest BCUT2D eigenvalue weighted by Crippen LogP contribution is 1.99. The molecule has 0 saturated heterocycles. The molecule has 0 spiro atoms. The quantitative estimate of drug-likeness (QED) is 0.196. The molecule has 1 aromatic heterocycles. The van der Waals surface area contributed by atoms with Crippen LogP contribution in [-0.2, 0) is 0 Å². The molecule has 4 atom stereocenters. The molecule has 8 N–H and O–H groups in total. The monoisotopic (exact) mass is 374 g/mol. The zero-order chi connectivity index (χ0) is 19.7. The molecule has 0 aromatic carbocycles. The Balaban J connectivity index is 2.63. The fraction of sp³-hybridized carbons (Fsp3) is 0.571. The maximum atomic E-state index is 11.9. The lowest BCUT2D eigenvalue weighted by molar-refractivity contribution is -0.0124. The highest BCUT2D eigenvalue weighted by atomic mass is 16.4. The summed E-state index contributed by atoms with van der Waals surface area (Å²) >= 11 is 0. The summed E-state index contributed by atoms with van der Waals surface area (Å²) in [6.07, 6.45) is -3.46. The van der Waals surface area contributed by atoms with E-state index in [0.29, 0.717) is 0 Å². The largest absolute Gasteiger partial charge is 0.394 e. The highest BCUT2D eigenvalue weighted by molar-refractivity contribution is 5.95. The summed E-state index contributed by atoms with van der Waals surface area (Å²) < 4.78 is 0. The Morgan fingerprint density at radius 2 is 1.19 bits per heavy atom. The van der Waals surface area contributed by atoms with Crippen LogP contribution in [-0.4, -0.2) is 103 Å². The van der Waals surface area contributed by atoms with Crippen LogP contribution in [0.2, 0.25) is 0 Å². The maximum absolute atomic E-state index is 11.9. The van der Waals surface area contributed by atoms with Crippen LogP contribution in [0.4, 0.5) is 0 Å². The van der Waals surface area contributed by atoms with E-state index in [4.69, 9.17) is 10.2 Å². The van der Waals surface area contributed by atoms with Gasteiger partial charge in [-0.25, -0.2) is 4.98 Å². The molecule has 0 fully saturated rings. The summed E-state index contributed by atoms with van der Waals surface area (Å²) in [6.45, 7) is -2.07. The van der Waals surface area contributed by atoms with Gasteiger partial charge < -0.3 is 41.3 Å². The number of carbonyl (C=O) groups excluding carboxylic acids is 2. The predicted molar refractivity (Wildman–Crippen MR) is 84.9 cm³/mol. The Morgan fingerprint density at radius 3 is 1.54 bits per heavy atom. The highest BCUT2D eigenvalue weighted by Gasteiger charge is 2.19. The molecule has 4 unspecified atom stereocenters. The number of aromatic nitrogens is 2. The number of aliphatic hydroxyl groups is 6. The maximum Gasteiger partial charge on any atom is 0.271 e. The molecule has 2 amide bonds. The van der Waals surface area contributed by atoms with Crippen LogP contribution in [0.1, 0.15) is 21.0 Å². The van der Waals surface area contributed by atoms with Crippen LogP contribution >= 0.6 is 0 Å². The molecule has 0 aliphatic heterocycles. The molecule has 12 heteroatoms. The zero-order valence-corrected chi connectivity index (χ0v) is 13.7. The molecular weight excluding hydrogens is 352 g/mol. The van der Waals surface area contributed by atoms with Crippen LogP contribution in [0.25, 0.3) is 0 Å². The second-order valence-electron chi connectivity index (χ2n) is 5.34. The Labute approximate surface area is 148 Å². The molecule has 0 bridgehead atoms. The molecule has 0 radical (unpaired) electrons. The molecule has 0 aliphatic rings. The first kappa shape index (κ1) is 21.8. The lowest BCUT2D eigenvalue weighted by atomic mass is 10.2. The van der Waals surface area contributed by atoms with E-state index < -0.39 is 49.4 Å². The third-order valence-corrected chi connectivity index (χ3v) is 3.31. The Kier molecular flexibility index (Phi) is 8.98. The van der Waals surface area contributed by atoms with Gasteiger partial charge in [0.05, 0.1) is 37.8 Å². The van der Waals surface area contributed by atoms with E-state index in [1.165, 1.54) is 0 Å². The van der Waals surface area contributed by atoms with Crippen molar-refractivity contribution < 1.29 is 40.2 Å². The van der Waals surface area contributed by atoms with Crippen LogP contribution in [0.5, 0.6) is 0 Å². The Hall–Kier alpha value is -2.22. The summed E-state index contributed by atoms with van der Waals surface area (Å²) in [4.78, 5) is 31.3. The SMILES string of the molecule is O=C(NCC(O)C(O)CO)c1cncc(C(=O)NCC(O)C(O)CO)n1. The normalized spacial score (nSPS) is 15.6. The van der Waals surface area contributed by atoms with Gasteiger partial charge in [-0.15, -0.1) is 0 Å². The fourth-order valence-corrected chi connectivity index (χ4v) is 1.68. The summed E-state index contributed by atoms with van der Waals surface area (Å²) in [5.41, 5.74) is -0.474. The van der Waals surface area contributed by atoms with E-state index in [2.05, 4.69) is 20.6 Å². The summed E-state index contributed by atoms with van der Waals surface area (Å²) in [6, 6.07) is 0. The van der Waals surface area contributed by atoms with Crippen molar-refractivity contribution in [2.24, 2.45) is 0 Å². The van der Waals surface area contributed by atoms with Crippen molar-refractivity contribution in [1.29, 1.82) is 0 Å². The average molecular weight is 374 g/mol. The number of hydrogen-bond donors (Lipinski definition) is 8. The molecule has 146 valence electrons. The molecule has 12 nitrogen and oxygen atoms in total. The smallest absolute Gasteiger partial charge is 0.271 e. The lowest BCUT2D eigenvalue weighted by Gasteiger charge is -2.16. The van der Waals surface area contributed by atoms with Crippen LogP contribution < -0.4 is 10.6 Å². The van der Waals surface area contributed by atoms with Crippen molar-refractivity contribution in [3.63, 3.8) is 0 Å². The fourth-order valence-electron chi connectivity index (χ4n) is 1.68. The van der Waals surface area contributed by atoms with Crippen molar-refractivity contribution >= 4 is 11.8 Å². The molecule has 1 rings (SSSR count). The number of nitrogens with zero attached hydrogens (tertiary/aromatic N) is 2. The van der Waals surface area contributed by atoms with Crippen molar-refractivity contribution in [2.75, 3.05) is 26.3 Å². The van der Waals surface area contributed by atoms with Crippen LogP contribution in [0.3, 0.4) is 0 Å². The van der Waals surface area contributed by atoms with E-state index in [1.807, 2.05) is 0 Å². The molecule has 1 aromatic rings. The second-order valence-corrected chi connectivity index (χ2v) is 5.34. The van der Waals surface area contributed by atoms with Gasteiger partial charge in [0.1, 0.15) is 23.6 Å². The first-order valence-electron chi connectivity index (χ1n) is 7.62. The minimum Gasteiger partial charge on any atom is -0.394 e. The average Bonchev–Trinajstić information content (AvgIpc) is 2.68. The van der Waals surface area contributed by atoms with Crippen molar-refractivity contribution in [1.82, 2.24) is 20.6 Å². The van der Waals surface area contributed by atoms with Crippen molar-refractivity contribution in [2.45, 2.75) is 24.4 Å². The number of rotatable bonds is 10. The van der Waals surface area contributed by atoms with Crippen molar-refractivity contribution in [3.8, 4) is 0 Å². The van der Waals surface area contributed by atoms with Crippen LogP contribution in [0, 0.1) is 0 Å². The minimum atomic E-state index is -1.42. The molecule has 26 heavy (non-hydrogen) atoms. The summed E-state index contributed by atoms with van der Waals surface area (Å²) in [7, 11) is 0. The van der Waals surface area contributed by atoms with Gasteiger partial charge >= 0.3 is 0 Å². The first-order valence-corrected chi connectivity index (χ1v) is 7.62. The van der Waals surface area contributed by atoms with Crippen LogP contribution in [0.15, 0.2) is 12.4 Å². The third-order valence-electron chi connectivity index (χ3n) is 3.31. The summed E-state index contributed by atoms with van der Waals surface area (Å²) in [5, 5.41) is 59.2. The Bertz CT molecular complexity index is 555. The second kappa shape index (κ2) is 10.7. The lowest BCUT2D eigenvalue weighted by Crippen LogP contribution is -2.41. The minimum absolute atomic E-state index is 0.237. The summed E-state index contributed by atoms with van der Waals surface area (Å²) in [5.74, 6) is -1.54. The van der Waals surface area contributed by atoms with E-state index in [1.54, 1.807) is 0 Å². The number of aliphatic hydroxyl groups excluding tert-OH is 6. The standard InChI is InChI=1S/C14H22N4O8/c19-5-11(23)9(21)3-16-13(25)7-1-15-2-8(18-7)14(26)17-4-10(22)12(24)6-20/h1-2,9-12,19-24H,3-6H2,(H,16,25)(H,17,26). The number of hydrogen-bond acceptors (Lipinski definition) is 10. The van der Waals surface area contributed by atoms with E-state index in [0.717, 1.165) is 12.4 Å². The van der Waals surface area contributed by atoms with Gasteiger partial charge in [0.2, 0.25) is 0 Å². The number of nitrogens with one attached hydrogen (secondary N) is 2. The van der Waals surface area contributed by atoms with Crippen molar-refractivity contribution in [3.05, 3.63) is 23.8 Å². The van der Waals surface area contributed by atoms with Gasteiger partial charge in [0, 0.05) is 13.1 Å². The number of amides is 2. The van der Waals surface area contributed by atoms with Gasteiger partial charge in [-0.2, -0.15) is 0 Å². The van der Waals surface area contributed by atoms with E-state index in [9.17, 15) is 30.0 Å². The van der Waals surface area contributed by atoms with Gasteiger partial charge in [0.15, 0.2) is 0 Å². The molecule has 0 saturated carbocycles. The first-order chi connectivity index (χ1) is 12.3. The van der Waals surface area contributed by atoms with E-state index in [-0.39, 0.29) is 24.5 Å². The predicted octanol–water partition coefficient (Wildman–Crippen LogP) is -4.64. The van der Waals surface area contributed by atoms with Gasteiger partial charge in [-0.05, 0) is 0 Å². The third kappa shape index (κ3) is 6.59. The van der Waals surface area contributed by atoms with Gasteiger partial charge in [-0.3, -0.25) is 14.6 Å². The molecule has 0 aliphatic carbocycles. The molecular formula is C14H22N4O8. The number of carbonyl (C=O) groups is 2. The van der Waals surface area contributed by atoms with Gasteiger partial charge in [-0.1, -0.05) is 0 Å².